The number of aliphatic hydroxyl groups is 1. The molecule has 2 aliphatic rings. The lowest BCUT2D eigenvalue weighted by molar-refractivity contribution is -0.0798. The van der Waals surface area contributed by atoms with E-state index < -0.39 is 6.10 Å². The summed E-state index contributed by atoms with van der Waals surface area (Å²) in [4.78, 5) is 2.46. The Morgan fingerprint density at radius 1 is 1.35 bits per heavy atom. The van der Waals surface area contributed by atoms with Crippen LogP contribution in [-0.4, -0.2) is 51.6 Å². The summed E-state index contributed by atoms with van der Waals surface area (Å²) in [6.07, 6.45) is 5.89. The average Bonchev–Trinajstić information content (AvgIpc) is 3.17. The normalized spacial score (nSPS) is 24.9. The second-order valence-corrected chi connectivity index (χ2v) is 5.88. The highest BCUT2D eigenvalue weighted by molar-refractivity contribution is 5.14. The molecule has 1 N–H and O–H groups in total. The first-order valence-corrected chi connectivity index (χ1v) is 7.80. The van der Waals surface area contributed by atoms with Crippen LogP contribution < -0.4 is 0 Å². The van der Waals surface area contributed by atoms with Gasteiger partial charge >= 0.3 is 0 Å². The zero-order valence-electron chi connectivity index (χ0n) is 12.3. The van der Waals surface area contributed by atoms with Gasteiger partial charge in [-0.25, -0.2) is 0 Å². The van der Waals surface area contributed by atoms with Gasteiger partial charge in [0.05, 0.1) is 24.4 Å². The van der Waals surface area contributed by atoms with Gasteiger partial charge in [-0.2, -0.15) is 5.10 Å². The van der Waals surface area contributed by atoms with Crippen molar-refractivity contribution >= 4 is 0 Å². The summed E-state index contributed by atoms with van der Waals surface area (Å²) < 4.78 is 7.40. The van der Waals surface area contributed by atoms with E-state index in [4.69, 9.17) is 4.74 Å². The van der Waals surface area contributed by atoms with E-state index >= 15 is 0 Å². The molecule has 1 saturated heterocycles. The number of aromatic nitrogens is 2. The van der Waals surface area contributed by atoms with Gasteiger partial charge in [0.2, 0.25) is 0 Å². The van der Waals surface area contributed by atoms with E-state index in [2.05, 4.69) is 16.9 Å². The fourth-order valence-corrected chi connectivity index (χ4v) is 3.87. The molecule has 3 rings (SSSR count). The fraction of sp³-hybridized carbons (Fsp3) is 0.800. The third kappa shape index (κ3) is 2.28. The van der Waals surface area contributed by atoms with E-state index in [0.29, 0.717) is 0 Å². The van der Waals surface area contributed by atoms with Gasteiger partial charge in [0.25, 0.3) is 0 Å². The Morgan fingerprint density at radius 3 is 2.70 bits per heavy atom. The lowest BCUT2D eigenvalue weighted by Gasteiger charge is -2.46. The van der Waals surface area contributed by atoms with Gasteiger partial charge in [-0.3, -0.25) is 9.58 Å². The third-order valence-electron chi connectivity index (χ3n) is 4.95. The number of hydrogen-bond donors (Lipinski definition) is 1. The Kier molecular flexibility index (Phi) is 4.10. The van der Waals surface area contributed by atoms with Crippen LogP contribution in [0.4, 0.5) is 0 Å². The second-order valence-electron chi connectivity index (χ2n) is 5.88. The first kappa shape index (κ1) is 14.0. The van der Waals surface area contributed by atoms with Crippen LogP contribution in [0.1, 0.15) is 44.4 Å². The molecular formula is C15H25N3O2. The first-order chi connectivity index (χ1) is 9.78. The fourth-order valence-electron chi connectivity index (χ4n) is 3.87. The molecular weight excluding hydrogens is 254 g/mol. The maximum Gasteiger partial charge on any atom is 0.114 e. The zero-order valence-corrected chi connectivity index (χ0v) is 12.3. The number of morpholine rings is 1. The Balaban J connectivity index is 1.89. The third-order valence-corrected chi connectivity index (χ3v) is 4.95. The number of nitrogens with zero attached hydrogens (tertiary/aromatic N) is 3. The van der Waals surface area contributed by atoms with Crippen molar-refractivity contribution in [2.45, 2.75) is 50.8 Å². The monoisotopic (exact) mass is 279 g/mol. The van der Waals surface area contributed by atoms with Crippen molar-refractivity contribution in [2.75, 3.05) is 26.3 Å². The molecule has 20 heavy (non-hydrogen) atoms. The van der Waals surface area contributed by atoms with Crippen molar-refractivity contribution in [1.29, 1.82) is 0 Å². The van der Waals surface area contributed by atoms with Crippen LogP contribution in [0.15, 0.2) is 12.3 Å². The lowest BCUT2D eigenvalue weighted by Crippen LogP contribution is -2.55. The van der Waals surface area contributed by atoms with Gasteiger partial charge < -0.3 is 9.84 Å². The standard InChI is InChI=1S/C15H25N3O2/c1-2-18-13(5-8-16-18)14(19)15(6-3-4-7-15)17-9-11-20-12-10-17/h5,8,14,19H,2-4,6-7,9-12H2,1H3. The maximum atomic E-state index is 11.1. The Hall–Kier alpha value is -0.910. The van der Waals surface area contributed by atoms with E-state index in [1.807, 2.05) is 10.7 Å². The van der Waals surface area contributed by atoms with Crippen LogP contribution in [0.5, 0.6) is 0 Å². The molecule has 1 aliphatic heterocycles. The van der Waals surface area contributed by atoms with Crippen molar-refractivity contribution in [3.05, 3.63) is 18.0 Å². The van der Waals surface area contributed by atoms with Crippen LogP contribution in [-0.2, 0) is 11.3 Å². The van der Waals surface area contributed by atoms with Crippen LogP contribution in [0.3, 0.4) is 0 Å². The molecule has 0 aromatic carbocycles. The van der Waals surface area contributed by atoms with Crippen molar-refractivity contribution in [3.8, 4) is 0 Å². The summed E-state index contributed by atoms with van der Waals surface area (Å²) in [5.74, 6) is 0. The molecule has 0 amide bonds. The SMILES string of the molecule is CCn1nccc1C(O)C1(N2CCOCC2)CCCC1. The largest absolute Gasteiger partial charge is 0.385 e. The highest BCUT2D eigenvalue weighted by atomic mass is 16.5. The minimum atomic E-state index is -0.453. The predicted octanol–water partition coefficient (Wildman–Crippen LogP) is 1.58. The molecule has 0 spiro atoms. The Bertz CT molecular complexity index is 434. The summed E-state index contributed by atoms with van der Waals surface area (Å²) in [5.41, 5.74) is 0.845. The number of rotatable bonds is 4. The topological polar surface area (TPSA) is 50.5 Å². The first-order valence-electron chi connectivity index (χ1n) is 7.80. The van der Waals surface area contributed by atoms with Crippen LogP contribution >= 0.6 is 0 Å². The van der Waals surface area contributed by atoms with E-state index in [1.54, 1.807) is 6.20 Å². The van der Waals surface area contributed by atoms with Gasteiger partial charge in [0.1, 0.15) is 6.10 Å². The van der Waals surface area contributed by atoms with Crippen LogP contribution in [0.2, 0.25) is 0 Å². The summed E-state index contributed by atoms with van der Waals surface area (Å²) >= 11 is 0. The smallest absolute Gasteiger partial charge is 0.114 e. The van der Waals surface area contributed by atoms with Crippen molar-refractivity contribution < 1.29 is 9.84 Å². The number of ether oxygens (including phenoxy) is 1. The highest BCUT2D eigenvalue weighted by Gasteiger charge is 2.47. The molecule has 1 aliphatic carbocycles. The lowest BCUT2D eigenvalue weighted by atomic mass is 9.85. The van der Waals surface area contributed by atoms with Gasteiger partial charge in [0.15, 0.2) is 0 Å². The summed E-state index contributed by atoms with van der Waals surface area (Å²) in [5, 5.41) is 15.4. The minimum absolute atomic E-state index is 0.114. The molecule has 2 fully saturated rings. The predicted molar refractivity (Wildman–Crippen MR) is 76.5 cm³/mol. The van der Waals surface area contributed by atoms with E-state index in [0.717, 1.165) is 51.4 Å². The highest BCUT2D eigenvalue weighted by Crippen LogP contribution is 2.44. The Labute approximate surface area is 120 Å². The maximum absolute atomic E-state index is 11.1. The molecule has 1 atom stereocenters. The van der Waals surface area contributed by atoms with E-state index in [9.17, 15) is 5.11 Å². The summed E-state index contributed by atoms with van der Waals surface area (Å²) in [6.45, 7) is 6.29. The quantitative estimate of drug-likeness (QED) is 0.909. The second kappa shape index (κ2) is 5.84. The average molecular weight is 279 g/mol. The summed E-state index contributed by atoms with van der Waals surface area (Å²) in [6, 6.07) is 1.97. The van der Waals surface area contributed by atoms with Crippen molar-refractivity contribution in [3.63, 3.8) is 0 Å². The molecule has 0 radical (unpaired) electrons. The molecule has 112 valence electrons. The number of aryl methyl sites for hydroxylation is 1. The van der Waals surface area contributed by atoms with Crippen LogP contribution in [0.25, 0.3) is 0 Å². The van der Waals surface area contributed by atoms with Crippen molar-refractivity contribution in [1.82, 2.24) is 14.7 Å². The number of aliphatic hydroxyl groups excluding tert-OH is 1. The van der Waals surface area contributed by atoms with E-state index in [-0.39, 0.29) is 5.54 Å². The molecule has 1 unspecified atom stereocenters. The molecule has 1 saturated carbocycles. The molecule has 1 aromatic heterocycles. The minimum Gasteiger partial charge on any atom is -0.385 e. The van der Waals surface area contributed by atoms with Crippen molar-refractivity contribution in [2.24, 2.45) is 0 Å². The zero-order chi connectivity index (χ0) is 14.0. The molecule has 0 bridgehead atoms. The van der Waals surface area contributed by atoms with Gasteiger partial charge in [-0.15, -0.1) is 0 Å². The van der Waals surface area contributed by atoms with Crippen LogP contribution in [0, 0.1) is 0 Å². The Morgan fingerprint density at radius 2 is 2.05 bits per heavy atom. The van der Waals surface area contributed by atoms with Gasteiger partial charge in [-0.05, 0) is 25.8 Å². The molecule has 5 nitrogen and oxygen atoms in total. The molecule has 5 heteroatoms. The van der Waals surface area contributed by atoms with Gasteiger partial charge in [0, 0.05) is 25.8 Å². The van der Waals surface area contributed by atoms with E-state index in [1.165, 1.54) is 12.8 Å². The summed E-state index contributed by atoms with van der Waals surface area (Å²) in [7, 11) is 0. The molecule has 2 heterocycles. The van der Waals surface area contributed by atoms with Gasteiger partial charge in [-0.1, -0.05) is 12.8 Å². The number of hydrogen-bond acceptors (Lipinski definition) is 4. The molecule has 1 aromatic rings.